The van der Waals surface area contributed by atoms with Crippen molar-refractivity contribution in [2.24, 2.45) is 0 Å². The molecule has 4 nitrogen and oxygen atoms in total. The SMILES string of the molecule is Cc1cccc(S(=O)(=O)[C@H]2C[C@H](NC(=O)c3ccc(Cl)c(F)c3)C2)c1. The van der Waals surface area contributed by atoms with Gasteiger partial charge in [0.1, 0.15) is 5.82 Å². The number of hydrogen-bond acceptors (Lipinski definition) is 3. The van der Waals surface area contributed by atoms with Crippen LogP contribution in [0.2, 0.25) is 5.02 Å². The average molecular weight is 382 g/mol. The van der Waals surface area contributed by atoms with Crippen LogP contribution < -0.4 is 5.32 Å². The van der Waals surface area contributed by atoms with Crippen LogP contribution in [0.4, 0.5) is 4.39 Å². The third-order valence-corrected chi connectivity index (χ3v) is 6.85. The zero-order valence-corrected chi connectivity index (χ0v) is 15.1. The molecule has 0 radical (unpaired) electrons. The normalized spacial score (nSPS) is 20.0. The molecular formula is C18H17ClFNO3S. The van der Waals surface area contributed by atoms with Crippen molar-refractivity contribution in [3.63, 3.8) is 0 Å². The van der Waals surface area contributed by atoms with Gasteiger partial charge in [0.2, 0.25) is 0 Å². The van der Waals surface area contributed by atoms with Crippen molar-refractivity contribution in [2.75, 3.05) is 0 Å². The third-order valence-electron chi connectivity index (χ3n) is 4.37. The Morgan fingerprint density at radius 3 is 2.56 bits per heavy atom. The van der Waals surface area contributed by atoms with Crippen LogP contribution in [-0.4, -0.2) is 25.6 Å². The van der Waals surface area contributed by atoms with E-state index in [1.54, 1.807) is 18.2 Å². The molecule has 0 saturated heterocycles. The van der Waals surface area contributed by atoms with Gasteiger partial charge in [-0.3, -0.25) is 4.79 Å². The van der Waals surface area contributed by atoms with Gasteiger partial charge in [0.15, 0.2) is 9.84 Å². The largest absolute Gasteiger partial charge is 0.349 e. The molecule has 0 atom stereocenters. The molecule has 3 rings (SSSR count). The van der Waals surface area contributed by atoms with Crippen LogP contribution in [0.3, 0.4) is 0 Å². The lowest BCUT2D eigenvalue weighted by molar-refractivity contribution is 0.0917. The number of nitrogens with one attached hydrogen (secondary N) is 1. The summed E-state index contributed by atoms with van der Waals surface area (Å²) in [5, 5.41) is 2.17. The van der Waals surface area contributed by atoms with Crippen molar-refractivity contribution in [3.05, 3.63) is 64.4 Å². The van der Waals surface area contributed by atoms with Crippen LogP contribution in [0.5, 0.6) is 0 Å². The monoisotopic (exact) mass is 381 g/mol. The lowest BCUT2D eigenvalue weighted by Gasteiger charge is -2.35. The number of amides is 1. The Hall–Kier alpha value is -1.92. The zero-order chi connectivity index (χ0) is 18.2. The molecule has 0 aliphatic heterocycles. The quantitative estimate of drug-likeness (QED) is 0.881. The van der Waals surface area contributed by atoms with Gasteiger partial charge in [0.25, 0.3) is 5.91 Å². The summed E-state index contributed by atoms with van der Waals surface area (Å²) in [6.45, 7) is 1.84. The van der Waals surface area contributed by atoms with E-state index in [0.717, 1.165) is 11.6 Å². The highest BCUT2D eigenvalue weighted by atomic mass is 35.5. The molecule has 1 N–H and O–H groups in total. The van der Waals surface area contributed by atoms with Crippen molar-refractivity contribution < 1.29 is 17.6 Å². The van der Waals surface area contributed by atoms with E-state index in [1.807, 2.05) is 13.0 Å². The summed E-state index contributed by atoms with van der Waals surface area (Å²) in [6.07, 6.45) is 0.691. The average Bonchev–Trinajstić information content (AvgIpc) is 2.52. The maximum Gasteiger partial charge on any atom is 0.251 e. The topological polar surface area (TPSA) is 63.2 Å². The predicted molar refractivity (Wildman–Crippen MR) is 94.1 cm³/mol. The Balaban J connectivity index is 1.62. The van der Waals surface area contributed by atoms with Crippen LogP contribution in [0.15, 0.2) is 47.4 Å². The molecule has 1 amide bonds. The van der Waals surface area contributed by atoms with Gasteiger partial charge in [-0.1, -0.05) is 23.7 Å². The van der Waals surface area contributed by atoms with Gasteiger partial charge in [-0.25, -0.2) is 12.8 Å². The van der Waals surface area contributed by atoms with Gasteiger partial charge in [-0.15, -0.1) is 0 Å². The highest BCUT2D eigenvalue weighted by Crippen LogP contribution is 2.32. The first-order valence-corrected chi connectivity index (χ1v) is 9.76. The minimum atomic E-state index is -3.40. The molecule has 7 heteroatoms. The second-order valence-electron chi connectivity index (χ2n) is 6.25. The molecule has 0 aromatic heterocycles. The molecule has 0 unspecified atom stereocenters. The molecule has 0 spiro atoms. The molecule has 2 aromatic carbocycles. The summed E-state index contributed by atoms with van der Waals surface area (Å²) in [5.74, 6) is -1.10. The number of aryl methyl sites for hydroxylation is 1. The van der Waals surface area contributed by atoms with E-state index in [1.165, 1.54) is 12.1 Å². The molecular weight excluding hydrogens is 365 g/mol. The first kappa shape index (κ1) is 17.9. The van der Waals surface area contributed by atoms with Crippen molar-refractivity contribution in [3.8, 4) is 0 Å². The van der Waals surface area contributed by atoms with E-state index in [-0.39, 0.29) is 16.6 Å². The van der Waals surface area contributed by atoms with Crippen molar-refractivity contribution >= 4 is 27.3 Å². The molecule has 0 heterocycles. The zero-order valence-electron chi connectivity index (χ0n) is 13.5. The minimum absolute atomic E-state index is 0.0514. The Kier molecular flexibility index (Phi) is 4.84. The maximum absolute atomic E-state index is 13.4. The van der Waals surface area contributed by atoms with Crippen LogP contribution >= 0.6 is 11.6 Å². The Bertz CT molecular complexity index is 924. The van der Waals surface area contributed by atoms with Crippen molar-refractivity contribution in [2.45, 2.75) is 36.0 Å². The number of hydrogen-bond donors (Lipinski definition) is 1. The first-order chi connectivity index (χ1) is 11.8. The highest BCUT2D eigenvalue weighted by Gasteiger charge is 2.40. The fourth-order valence-corrected chi connectivity index (χ4v) is 4.92. The van der Waals surface area contributed by atoms with E-state index < -0.39 is 26.8 Å². The predicted octanol–water partition coefficient (Wildman–Crippen LogP) is 3.52. The minimum Gasteiger partial charge on any atom is -0.349 e. The fraction of sp³-hybridized carbons (Fsp3) is 0.278. The van der Waals surface area contributed by atoms with E-state index in [9.17, 15) is 17.6 Å². The number of carbonyl (C=O) groups is 1. The van der Waals surface area contributed by atoms with Gasteiger partial charge >= 0.3 is 0 Å². The van der Waals surface area contributed by atoms with Gasteiger partial charge in [-0.05, 0) is 55.7 Å². The van der Waals surface area contributed by atoms with Crippen LogP contribution in [-0.2, 0) is 9.84 Å². The summed E-state index contributed by atoms with van der Waals surface area (Å²) in [6, 6.07) is 10.4. The summed E-state index contributed by atoms with van der Waals surface area (Å²) >= 11 is 5.59. The molecule has 2 aromatic rings. The van der Waals surface area contributed by atoms with Crippen LogP contribution in [0, 0.1) is 12.7 Å². The van der Waals surface area contributed by atoms with E-state index >= 15 is 0 Å². The second kappa shape index (κ2) is 6.77. The number of halogens is 2. The first-order valence-electron chi connectivity index (χ1n) is 7.84. The van der Waals surface area contributed by atoms with E-state index in [0.29, 0.717) is 17.7 Å². The molecule has 132 valence electrons. The van der Waals surface area contributed by atoms with E-state index in [4.69, 9.17) is 11.6 Å². The summed E-state index contributed by atoms with van der Waals surface area (Å²) in [4.78, 5) is 12.4. The van der Waals surface area contributed by atoms with Crippen molar-refractivity contribution in [1.82, 2.24) is 5.32 Å². The Morgan fingerprint density at radius 1 is 1.20 bits per heavy atom. The Labute approximate surface area is 150 Å². The number of benzene rings is 2. The third kappa shape index (κ3) is 3.70. The van der Waals surface area contributed by atoms with Gasteiger partial charge in [-0.2, -0.15) is 0 Å². The van der Waals surface area contributed by atoms with Gasteiger partial charge < -0.3 is 5.32 Å². The summed E-state index contributed by atoms with van der Waals surface area (Å²) in [7, 11) is -3.40. The highest BCUT2D eigenvalue weighted by molar-refractivity contribution is 7.92. The number of sulfone groups is 1. The molecule has 25 heavy (non-hydrogen) atoms. The Morgan fingerprint density at radius 2 is 1.92 bits per heavy atom. The molecule has 0 bridgehead atoms. The molecule has 1 fully saturated rings. The summed E-state index contributed by atoms with van der Waals surface area (Å²) < 4.78 is 38.6. The molecule has 1 aliphatic rings. The van der Waals surface area contributed by atoms with E-state index in [2.05, 4.69) is 5.32 Å². The van der Waals surface area contributed by atoms with Gasteiger partial charge in [0.05, 0.1) is 15.2 Å². The molecule has 1 saturated carbocycles. The molecule has 1 aliphatic carbocycles. The maximum atomic E-state index is 13.4. The second-order valence-corrected chi connectivity index (χ2v) is 8.89. The lowest BCUT2D eigenvalue weighted by atomic mass is 9.92. The van der Waals surface area contributed by atoms with Crippen LogP contribution in [0.1, 0.15) is 28.8 Å². The summed E-state index contributed by atoms with van der Waals surface area (Å²) in [5.41, 5.74) is 1.04. The van der Waals surface area contributed by atoms with Crippen molar-refractivity contribution in [1.29, 1.82) is 0 Å². The lowest BCUT2D eigenvalue weighted by Crippen LogP contribution is -2.49. The van der Waals surface area contributed by atoms with Crippen LogP contribution in [0.25, 0.3) is 0 Å². The van der Waals surface area contributed by atoms with Gasteiger partial charge in [0, 0.05) is 11.6 Å². The standard InChI is InChI=1S/C18H17ClFNO3S/c1-11-3-2-4-14(7-11)25(23,24)15-9-13(10-15)21-18(22)12-5-6-16(19)17(20)8-12/h2-8,13,15H,9-10H2,1H3,(H,21,22)/t13-,15-. The number of rotatable bonds is 4. The smallest absolute Gasteiger partial charge is 0.251 e. The number of carbonyl (C=O) groups excluding carboxylic acids is 1. The fourth-order valence-electron chi connectivity index (χ4n) is 2.83.